The molecule has 2 heterocycles. The van der Waals surface area contributed by atoms with Crippen molar-refractivity contribution < 1.29 is 24.6 Å². The summed E-state index contributed by atoms with van der Waals surface area (Å²) >= 11 is 0. The first-order valence-electron chi connectivity index (χ1n) is 8.27. The summed E-state index contributed by atoms with van der Waals surface area (Å²) in [5.74, 6) is -0.119. The van der Waals surface area contributed by atoms with Gasteiger partial charge in [0.2, 0.25) is 0 Å². The Bertz CT molecular complexity index is 737. The van der Waals surface area contributed by atoms with Crippen LogP contribution in [0, 0.1) is 13.8 Å². The number of nitrogens with zero attached hydrogens (tertiary/aromatic N) is 3. The maximum atomic E-state index is 12.1. The number of pyridine rings is 1. The molecule has 0 radical (unpaired) electrons. The zero-order valence-electron chi connectivity index (χ0n) is 16.0. The lowest BCUT2D eigenvalue weighted by molar-refractivity contribution is -0.123. The molecule has 148 valence electrons. The number of aromatic nitrogens is 3. The molecule has 0 aliphatic carbocycles. The fraction of sp³-hybridized carbons (Fsp3) is 0.389. The highest BCUT2D eigenvalue weighted by Crippen LogP contribution is 2.26. The Morgan fingerprint density at radius 3 is 2.26 bits per heavy atom. The van der Waals surface area contributed by atoms with E-state index < -0.39 is 0 Å². The van der Waals surface area contributed by atoms with Gasteiger partial charge in [0.05, 0.1) is 6.20 Å². The van der Waals surface area contributed by atoms with Crippen LogP contribution in [0.25, 0.3) is 11.1 Å². The van der Waals surface area contributed by atoms with Crippen molar-refractivity contribution in [3.05, 3.63) is 35.4 Å². The van der Waals surface area contributed by atoms with E-state index in [0.717, 1.165) is 35.2 Å². The van der Waals surface area contributed by atoms with Crippen LogP contribution in [0.1, 0.15) is 41.5 Å². The molecule has 9 nitrogen and oxygen atoms in total. The van der Waals surface area contributed by atoms with E-state index in [2.05, 4.69) is 22.3 Å². The summed E-state index contributed by atoms with van der Waals surface area (Å²) in [6.45, 7) is 6.29. The van der Waals surface area contributed by atoms with Crippen molar-refractivity contribution in [2.45, 2.75) is 33.6 Å². The Hall–Kier alpha value is -3.23. The monoisotopic (exact) mass is 378 g/mol. The quantitative estimate of drug-likeness (QED) is 0.535. The highest BCUT2D eigenvalue weighted by molar-refractivity contribution is 5.93. The molecule has 2 aromatic heterocycles. The third-order valence-electron chi connectivity index (χ3n) is 3.68. The maximum absolute atomic E-state index is 12.1. The zero-order valence-corrected chi connectivity index (χ0v) is 16.0. The Labute approximate surface area is 158 Å². The summed E-state index contributed by atoms with van der Waals surface area (Å²) in [7, 11) is 1.91. The van der Waals surface area contributed by atoms with E-state index in [4.69, 9.17) is 19.8 Å². The Balaban J connectivity index is 0.000000997. The highest BCUT2D eigenvalue weighted by atomic mass is 16.3. The van der Waals surface area contributed by atoms with Gasteiger partial charge in [-0.25, -0.2) is 0 Å². The minimum Gasteiger partial charge on any atom is -0.483 e. The number of carbonyl (C=O) groups excluding carboxylic acids is 1. The fourth-order valence-electron chi connectivity index (χ4n) is 2.17. The molecule has 0 aliphatic heterocycles. The molecule has 0 atom stereocenters. The summed E-state index contributed by atoms with van der Waals surface area (Å²) < 4.78 is 1.83. The van der Waals surface area contributed by atoms with Crippen molar-refractivity contribution in [3.63, 3.8) is 0 Å². The van der Waals surface area contributed by atoms with Crippen LogP contribution in [0.5, 0.6) is 0 Å². The predicted octanol–water partition coefficient (Wildman–Crippen LogP) is 2.03. The van der Waals surface area contributed by atoms with Crippen LogP contribution >= 0.6 is 0 Å². The summed E-state index contributed by atoms with van der Waals surface area (Å²) in [6.07, 6.45) is 5.61. The van der Waals surface area contributed by atoms with E-state index in [9.17, 15) is 4.79 Å². The molecule has 1 amide bonds. The molecule has 0 bridgehead atoms. The normalized spacial score (nSPS) is 9.19. The number of carbonyl (C=O) groups is 3. The predicted molar refractivity (Wildman–Crippen MR) is 101 cm³/mol. The lowest BCUT2D eigenvalue weighted by Gasteiger charge is -2.08. The van der Waals surface area contributed by atoms with Gasteiger partial charge in [0.25, 0.3) is 18.9 Å². The van der Waals surface area contributed by atoms with Gasteiger partial charge in [-0.05, 0) is 37.5 Å². The van der Waals surface area contributed by atoms with Crippen LogP contribution in [-0.4, -0.2) is 50.4 Å². The molecule has 9 heteroatoms. The zero-order chi connectivity index (χ0) is 20.8. The van der Waals surface area contributed by atoms with Crippen LogP contribution < -0.4 is 5.32 Å². The van der Waals surface area contributed by atoms with Gasteiger partial charge >= 0.3 is 0 Å². The van der Waals surface area contributed by atoms with Crippen molar-refractivity contribution in [2.75, 3.05) is 6.54 Å². The van der Waals surface area contributed by atoms with Gasteiger partial charge in [0.15, 0.2) is 0 Å². The molecule has 27 heavy (non-hydrogen) atoms. The Morgan fingerprint density at radius 2 is 1.78 bits per heavy atom. The van der Waals surface area contributed by atoms with E-state index >= 15 is 0 Å². The third-order valence-corrected chi connectivity index (χ3v) is 3.68. The lowest BCUT2D eigenvalue weighted by atomic mass is 10.0. The Kier molecular flexibility index (Phi) is 11.5. The molecule has 3 N–H and O–H groups in total. The van der Waals surface area contributed by atoms with E-state index in [-0.39, 0.29) is 18.9 Å². The highest BCUT2D eigenvalue weighted by Gasteiger charge is 2.13. The molecule has 0 aliphatic rings. The minimum absolute atomic E-state index is 0.119. The van der Waals surface area contributed by atoms with E-state index in [1.807, 2.05) is 37.8 Å². The molecule has 0 spiro atoms. The molecule has 2 aromatic rings. The molecule has 0 unspecified atom stereocenters. The average molecular weight is 378 g/mol. The van der Waals surface area contributed by atoms with Crippen LogP contribution in [-0.2, 0) is 16.6 Å². The van der Waals surface area contributed by atoms with Crippen LogP contribution in [0.4, 0.5) is 0 Å². The summed E-state index contributed by atoms with van der Waals surface area (Å²) in [5, 5.41) is 20.9. The second-order valence-electron chi connectivity index (χ2n) is 5.47. The second-order valence-corrected chi connectivity index (χ2v) is 5.47. The summed E-state index contributed by atoms with van der Waals surface area (Å²) in [5.41, 5.74) is 4.61. The molecule has 0 fully saturated rings. The van der Waals surface area contributed by atoms with Gasteiger partial charge < -0.3 is 15.5 Å². The molecular weight excluding hydrogens is 352 g/mol. The van der Waals surface area contributed by atoms with Crippen LogP contribution in [0.2, 0.25) is 0 Å². The number of rotatable bonds is 5. The van der Waals surface area contributed by atoms with Gasteiger partial charge in [0.1, 0.15) is 5.69 Å². The smallest absolute Gasteiger partial charge is 0.290 e. The molecule has 0 saturated heterocycles. The maximum Gasteiger partial charge on any atom is 0.290 e. The number of carboxylic acid groups (broad SMARTS) is 2. The van der Waals surface area contributed by atoms with Gasteiger partial charge in [-0.2, -0.15) is 5.10 Å². The van der Waals surface area contributed by atoms with Gasteiger partial charge in [-0.3, -0.25) is 24.0 Å². The summed E-state index contributed by atoms with van der Waals surface area (Å²) in [4.78, 5) is 33.1. The molecule has 0 aromatic carbocycles. The fourth-order valence-corrected chi connectivity index (χ4v) is 2.17. The number of hydrogen-bond donors (Lipinski definition) is 3. The number of nitrogens with one attached hydrogen (secondary N) is 1. The molecule has 2 rings (SSSR count). The Morgan fingerprint density at radius 1 is 1.19 bits per heavy atom. The topological polar surface area (TPSA) is 134 Å². The molecule has 0 saturated carbocycles. The largest absolute Gasteiger partial charge is 0.483 e. The van der Waals surface area contributed by atoms with Crippen molar-refractivity contribution in [1.82, 2.24) is 20.1 Å². The lowest BCUT2D eigenvalue weighted by Crippen LogP contribution is -2.25. The first-order chi connectivity index (χ1) is 12.9. The van der Waals surface area contributed by atoms with E-state index in [1.165, 1.54) is 0 Å². The van der Waals surface area contributed by atoms with Crippen LogP contribution in [0.3, 0.4) is 0 Å². The minimum atomic E-state index is -0.250. The van der Waals surface area contributed by atoms with Gasteiger partial charge in [0, 0.05) is 31.0 Å². The SMILES string of the molecule is CCCCNC(=O)c1cc(-c2cnn(C)c2C)c(C)cn1.O=CO.O=CO. The van der Waals surface area contributed by atoms with E-state index in [0.29, 0.717) is 12.2 Å². The number of unbranched alkanes of at least 4 members (excludes halogenated alkanes) is 1. The van der Waals surface area contributed by atoms with E-state index in [1.54, 1.807) is 6.20 Å². The standard InChI is InChI=1S/C16H22N4O.2CH2O2/c1-5-6-7-17-16(21)15-8-13(11(2)9-18-15)14-10-19-20(4)12(14)3;2*2-1-3/h8-10H,5-7H2,1-4H3,(H,17,21);2*1H,(H,2,3). The van der Waals surface area contributed by atoms with Gasteiger partial charge in [-0.1, -0.05) is 13.3 Å². The molecular formula is C18H26N4O5. The number of aryl methyl sites for hydroxylation is 2. The first-order valence-corrected chi connectivity index (χ1v) is 8.27. The number of hydrogen-bond acceptors (Lipinski definition) is 5. The van der Waals surface area contributed by atoms with Crippen molar-refractivity contribution >= 4 is 18.9 Å². The summed E-state index contributed by atoms with van der Waals surface area (Å²) in [6, 6.07) is 1.85. The second kappa shape index (κ2) is 13.0. The van der Waals surface area contributed by atoms with Crippen molar-refractivity contribution in [1.29, 1.82) is 0 Å². The number of amides is 1. The van der Waals surface area contributed by atoms with Crippen LogP contribution in [0.15, 0.2) is 18.5 Å². The average Bonchev–Trinajstić information content (AvgIpc) is 2.96. The third kappa shape index (κ3) is 7.68. The van der Waals surface area contributed by atoms with Gasteiger partial charge in [-0.15, -0.1) is 0 Å². The van der Waals surface area contributed by atoms with Crippen molar-refractivity contribution in [3.8, 4) is 11.1 Å². The first kappa shape index (κ1) is 23.8. The van der Waals surface area contributed by atoms with Crippen molar-refractivity contribution in [2.24, 2.45) is 7.05 Å².